The third kappa shape index (κ3) is 5.88. The molecule has 1 heterocycles. The van der Waals surface area contributed by atoms with Crippen LogP contribution in [0.5, 0.6) is 0 Å². The van der Waals surface area contributed by atoms with Crippen molar-refractivity contribution >= 4 is 34.8 Å². The molecular weight excluding hydrogens is 433 g/mol. The Bertz CT molecular complexity index is 1100. The predicted octanol–water partition coefficient (Wildman–Crippen LogP) is 6.08. The van der Waals surface area contributed by atoms with Crippen molar-refractivity contribution in [2.45, 2.75) is 25.9 Å². The summed E-state index contributed by atoms with van der Waals surface area (Å²) in [5.41, 5.74) is 0.148. The van der Waals surface area contributed by atoms with Crippen molar-refractivity contribution in [2.75, 3.05) is 10.6 Å². The Morgan fingerprint density at radius 3 is 2.48 bits per heavy atom. The standard InChI is InChI=1S/C22H18ClF3N2O3/c1-13-4-5-14(11-17(13)23)6-9-20(29)28-18-8-7-15(12-16(18)22(24,25)26)27-21(30)19-3-2-10-31-19/h2-5,7-8,10-12H,6,9H2,1H3,(H,27,30)(H,28,29). The Balaban J connectivity index is 1.71. The molecule has 162 valence electrons. The van der Waals surface area contributed by atoms with Gasteiger partial charge in [-0.25, -0.2) is 0 Å². The number of carbonyl (C=O) groups is 2. The maximum absolute atomic E-state index is 13.5. The lowest BCUT2D eigenvalue weighted by molar-refractivity contribution is -0.136. The second-order valence-electron chi connectivity index (χ2n) is 6.82. The number of anilines is 2. The highest BCUT2D eigenvalue weighted by atomic mass is 35.5. The lowest BCUT2D eigenvalue weighted by Gasteiger charge is -2.16. The van der Waals surface area contributed by atoms with E-state index in [4.69, 9.17) is 16.0 Å². The zero-order valence-corrected chi connectivity index (χ0v) is 17.1. The first-order chi connectivity index (χ1) is 14.6. The third-order valence-electron chi connectivity index (χ3n) is 4.48. The van der Waals surface area contributed by atoms with Gasteiger partial charge in [-0.15, -0.1) is 0 Å². The van der Waals surface area contributed by atoms with E-state index < -0.39 is 29.2 Å². The summed E-state index contributed by atoms with van der Waals surface area (Å²) >= 11 is 6.05. The maximum Gasteiger partial charge on any atom is 0.418 e. The predicted molar refractivity (Wildman–Crippen MR) is 111 cm³/mol. The molecule has 3 rings (SSSR count). The molecule has 1 aromatic heterocycles. The van der Waals surface area contributed by atoms with E-state index in [0.29, 0.717) is 11.4 Å². The lowest BCUT2D eigenvalue weighted by atomic mass is 10.1. The average Bonchev–Trinajstić information content (AvgIpc) is 3.24. The van der Waals surface area contributed by atoms with Gasteiger partial charge in [0.2, 0.25) is 5.91 Å². The van der Waals surface area contributed by atoms with Crippen molar-refractivity contribution in [3.05, 3.63) is 82.3 Å². The van der Waals surface area contributed by atoms with Gasteiger partial charge in [0, 0.05) is 17.1 Å². The molecule has 3 aromatic rings. The zero-order valence-electron chi connectivity index (χ0n) is 16.3. The largest absolute Gasteiger partial charge is 0.459 e. The number of rotatable bonds is 6. The molecule has 0 radical (unpaired) electrons. The van der Waals surface area contributed by atoms with E-state index in [9.17, 15) is 22.8 Å². The highest BCUT2D eigenvalue weighted by Gasteiger charge is 2.34. The Labute approximate surface area is 181 Å². The molecule has 2 aromatic carbocycles. The molecule has 0 spiro atoms. The minimum absolute atomic E-state index is 0.0202. The SMILES string of the molecule is Cc1ccc(CCC(=O)Nc2ccc(NC(=O)c3ccco3)cc2C(F)(F)F)cc1Cl. The van der Waals surface area contributed by atoms with Crippen molar-refractivity contribution < 1.29 is 27.2 Å². The smallest absolute Gasteiger partial charge is 0.418 e. The van der Waals surface area contributed by atoms with Crippen LogP contribution in [0, 0.1) is 6.92 Å². The van der Waals surface area contributed by atoms with Crippen LogP contribution in [0.25, 0.3) is 0 Å². The van der Waals surface area contributed by atoms with Crippen LogP contribution in [-0.2, 0) is 17.4 Å². The molecule has 31 heavy (non-hydrogen) atoms. The van der Waals surface area contributed by atoms with Crippen molar-refractivity contribution in [3.8, 4) is 0 Å². The van der Waals surface area contributed by atoms with Gasteiger partial charge in [-0.05, 0) is 60.9 Å². The van der Waals surface area contributed by atoms with E-state index in [1.165, 1.54) is 24.5 Å². The summed E-state index contributed by atoms with van der Waals surface area (Å²) in [7, 11) is 0. The maximum atomic E-state index is 13.5. The highest BCUT2D eigenvalue weighted by molar-refractivity contribution is 6.31. The molecule has 0 fully saturated rings. The number of hydrogen-bond donors (Lipinski definition) is 2. The lowest BCUT2D eigenvalue weighted by Crippen LogP contribution is -2.18. The van der Waals surface area contributed by atoms with Crippen molar-refractivity contribution in [3.63, 3.8) is 0 Å². The fourth-order valence-corrected chi connectivity index (χ4v) is 3.03. The number of nitrogens with one attached hydrogen (secondary N) is 2. The number of alkyl halides is 3. The molecule has 0 saturated heterocycles. The minimum atomic E-state index is -4.74. The molecule has 9 heteroatoms. The van der Waals surface area contributed by atoms with E-state index in [0.717, 1.165) is 23.3 Å². The fraction of sp³-hybridized carbons (Fsp3) is 0.182. The minimum Gasteiger partial charge on any atom is -0.459 e. The van der Waals surface area contributed by atoms with Gasteiger partial charge >= 0.3 is 6.18 Å². The normalized spacial score (nSPS) is 11.3. The van der Waals surface area contributed by atoms with Gasteiger partial charge in [-0.1, -0.05) is 23.7 Å². The number of amides is 2. The molecule has 0 aliphatic carbocycles. The quantitative estimate of drug-likeness (QED) is 0.477. The Morgan fingerprint density at radius 1 is 1.06 bits per heavy atom. The molecule has 2 amide bonds. The summed E-state index contributed by atoms with van der Waals surface area (Å²) in [6.45, 7) is 1.85. The van der Waals surface area contributed by atoms with Gasteiger partial charge in [-0.2, -0.15) is 13.2 Å². The number of furan rings is 1. The van der Waals surface area contributed by atoms with Crippen LogP contribution in [0.15, 0.2) is 59.2 Å². The van der Waals surface area contributed by atoms with E-state index in [1.54, 1.807) is 6.07 Å². The Kier molecular flexibility index (Phi) is 6.70. The highest BCUT2D eigenvalue weighted by Crippen LogP contribution is 2.37. The molecule has 0 saturated carbocycles. The first-order valence-electron chi connectivity index (χ1n) is 9.24. The molecule has 0 aliphatic heterocycles. The molecule has 0 atom stereocenters. The number of carbonyl (C=O) groups excluding carboxylic acids is 2. The van der Waals surface area contributed by atoms with Gasteiger partial charge < -0.3 is 15.1 Å². The molecule has 5 nitrogen and oxygen atoms in total. The fourth-order valence-electron chi connectivity index (χ4n) is 2.83. The summed E-state index contributed by atoms with van der Waals surface area (Å²) in [5, 5.41) is 5.19. The monoisotopic (exact) mass is 450 g/mol. The second kappa shape index (κ2) is 9.26. The van der Waals surface area contributed by atoms with Crippen LogP contribution in [0.4, 0.5) is 24.5 Å². The number of benzene rings is 2. The molecule has 0 aliphatic rings. The van der Waals surface area contributed by atoms with E-state index >= 15 is 0 Å². The van der Waals surface area contributed by atoms with Crippen molar-refractivity contribution in [1.29, 1.82) is 0 Å². The molecule has 2 N–H and O–H groups in total. The topological polar surface area (TPSA) is 71.3 Å². The van der Waals surface area contributed by atoms with Gasteiger partial charge in [0.25, 0.3) is 5.91 Å². The number of halogens is 4. The van der Waals surface area contributed by atoms with E-state index in [2.05, 4.69) is 10.6 Å². The van der Waals surface area contributed by atoms with Gasteiger partial charge in [-0.3, -0.25) is 9.59 Å². The summed E-state index contributed by atoms with van der Waals surface area (Å²) in [6.07, 6.45) is -3.16. The molecule has 0 bridgehead atoms. The zero-order chi connectivity index (χ0) is 22.6. The number of hydrogen-bond acceptors (Lipinski definition) is 3. The van der Waals surface area contributed by atoms with Crippen molar-refractivity contribution in [1.82, 2.24) is 0 Å². The van der Waals surface area contributed by atoms with Crippen LogP contribution in [0.1, 0.15) is 33.7 Å². The first kappa shape index (κ1) is 22.4. The van der Waals surface area contributed by atoms with Crippen LogP contribution in [0.3, 0.4) is 0 Å². The van der Waals surface area contributed by atoms with E-state index in [-0.39, 0.29) is 17.9 Å². The van der Waals surface area contributed by atoms with Gasteiger partial charge in [0.15, 0.2) is 5.76 Å². The second-order valence-corrected chi connectivity index (χ2v) is 7.23. The first-order valence-corrected chi connectivity index (χ1v) is 9.62. The summed E-state index contributed by atoms with van der Waals surface area (Å²) in [5.74, 6) is -1.30. The van der Waals surface area contributed by atoms with E-state index in [1.807, 2.05) is 19.1 Å². The van der Waals surface area contributed by atoms with Crippen molar-refractivity contribution in [2.24, 2.45) is 0 Å². The Hall–Kier alpha value is -3.26. The van der Waals surface area contributed by atoms with Crippen LogP contribution in [-0.4, -0.2) is 11.8 Å². The average molecular weight is 451 g/mol. The number of aryl methyl sites for hydroxylation is 2. The van der Waals surface area contributed by atoms with Crippen LogP contribution < -0.4 is 10.6 Å². The third-order valence-corrected chi connectivity index (χ3v) is 4.89. The van der Waals surface area contributed by atoms with Crippen LogP contribution >= 0.6 is 11.6 Å². The van der Waals surface area contributed by atoms with Gasteiger partial charge in [0.05, 0.1) is 17.5 Å². The molecular formula is C22H18ClF3N2O3. The summed E-state index contributed by atoms with van der Waals surface area (Å²) < 4.78 is 45.5. The van der Waals surface area contributed by atoms with Crippen LogP contribution in [0.2, 0.25) is 5.02 Å². The summed E-state index contributed by atoms with van der Waals surface area (Å²) in [4.78, 5) is 24.2. The molecule has 0 unspecified atom stereocenters. The Morgan fingerprint density at radius 2 is 1.84 bits per heavy atom. The van der Waals surface area contributed by atoms with Gasteiger partial charge in [0.1, 0.15) is 0 Å². The summed E-state index contributed by atoms with van der Waals surface area (Å²) in [6, 6.07) is 11.3.